The van der Waals surface area contributed by atoms with Gasteiger partial charge >= 0.3 is 0 Å². The Hall–Kier alpha value is -4.01. The monoisotopic (exact) mass is 490 g/mol. The molecule has 0 saturated carbocycles. The minimum atomic E-state index is -0.473. The fourth-order valence-corrected chi connectivity index (χ4v) is 5.12. The first kappa shape index (κ1) is 23.7. The van der Waals surface area contributed by atoms with E-state index >= 15 is 0 Å². The Labute approximate surface area is 210 Å². The van der Waals surface area contributed by atoms with Gasteiger partial charge in [-0.25, -0.2) is 4.68 Å². The van der Waals surface area contributed by atoms with Gasteiger partial charge in [-0.2, -0.15) is 4.98 Å². The van der Waals surface area contributed by atoms with Gasteiger partial charge in [-0.1, -0.05) is 32.0 Å². The van der Waals surface area contributed by atoms with Crippen molar-refractivity contribution in [2.75, 3.05) is 33.8 Å². The van der Waals surface area contributed by atoms with Crippen LogP contribution in [0.3, 0.4) is 0 Å². The summed E-state index contributed by atoms with van der Waals surface area (Å²) in [5.74, 6) is 3.29. The largest absolute Gasteiger partial charge is 0.496 e. The molecule has 2 heterocycles. The van der Waals surface area contributed by atoms with Crippen molar-refractivity contribution in [1.82, 2.24) is 14.8 Å². The lowest BCUT2D eigenvalue weighted by atomic mass is 9.73. The third-order valence-electron chi connectivity index (χ3n) is 6.69. The second-order valence-electron chi connectivity index (χ2n) is 9.72. The third kappa shape index (κ3) is 3.84. The second-order valence-corrected chi connectivity index (χ2v) is 9.72. The highest BCUT2D eigenvalue weighted by Crippen LogP contribution is 2.48. The van der Waals surface area contributed by atoms with Gasteiger partial charge in [-0.3, -0.25) is 4.79 Å². The molecule has 0 saturated heterocycles. The summed E-state index contributed by atoms with van der Waals surface area (Å²) in [4.78, 5) is 18.3. The predicted octanol–water partition coefficient (Wildman–Crippen LogP) is 4.64. The lowest BCUT2D eigenvalue weighted by Gasteiger charge is -2.38. The number of hydrogen-bond donors (Lipinski definition) is 1. The molecule has 1 aliphatic heterocycles. The molecular formula is C27H30N4O5. The minimum absolute atomic E-state index is 0.0974. The molecule has 1 aliphatic carbocycles. The summed E-state index contributed by atoms with van der Waals surface area (Å²) in [5, 5.41) is 8.28. The average molecular weight is 491 g/mol. The van der Waals surface area contributed by atoms with Gasteiger partial charge in [0.05, 0.1) is 28.4 Å². The molecule has 1 aromatic heterocycles. The number of hydrogen-bond acceptors (Lipinski definition) is 8. The molecule has 2 aromatic carbocycles. The Balaban J connectivity index is 1.70. The summed E-state index contributed by atoms with van der Waals surface area (Å²) >= 11 is 0. The fraction of sp³-hybridized carbons (Fsp3) is 0.370. The number of nitrogens with one attached hydrogen (secondary N) is 1. The van der Waals surface area contributed by atoms with Gasteiger partial charge in [0, 0.05) is 28.8 Å². The van der Waals surface area contributed by atoms with Gasteiger partial charge in [0.25, 0.3) is 0 Å². The fourth-order valence-electron chi connectivity index (χ4n) is 5.12. The third-order valence-corrected chi connectivity index (χ3v) is 6.69. The Morgan fingerprint density at radius 1 is 0.944 bits per heavy atom. The Morgan fingerprint density at radius 3 is 2.25 bits per heavy atom. The maximum Gasteiger partial charge on any atom is 0.226 e. The van der Waals surface area contributed by atoms with Crippen LogP contribution in [0.25, 0.3) is 11.4 Å². The maximum atomic E-state index is 13.5. The molecule has 36 heavy (non-hydrogen) atoms. The van der Waals surface area contributed by atoms with Crippen molar-refractivity contribution in [3.8, 4) is 34.4 Å². The number of methoxy groups -OCH3 is 4. The number of aromatic nitrogens is 3. The SMILES string of the molecule is COc1ccccc1C1C2=C(CC(C)(C)CC2=O)Nc2nc(-c3cc(OC)c(OC)c(OC)c3)nn21. The number of ether oxygens (including phenoxy) is 4. The Bertz CT molecular complexity index is 1350. The van der Waals surface area contributed by atoms with E-state index in [1.165, 1.54) is 0 Å². The van der Waals surface area contributed by atoms with Crippen LogP contribution in [0.5, 0.6) is 23.0 Å². The van der Waals surface area contributed by atoms with Crippen LogP contribution in [0.4, 0.5) is 5.95 Å². The quantitative estimate of drug-likeness (QED) is 0.534. The second kappa shape index (κ2) is 8.89. The van der Waals surface area contributed by atoms with Crippen molar-refractivity contribution < 1.29 is 23.7 Å². The Kier molecular flexibility index (Phi) is 5.86. The van der Waals surface area contributed by atoms with Gasteiger partial charge in [0.15, 0.2) is 23.1 Å². The summed E-state index contributed by atoms with van der Waals surface area (Å²) in [6.45, 7) is 4.21. The molecule has 0 spiro atoms. The summed E-state index contributed by atoms with van der Waals surface area (Å²) in [7, 11) is 6.32. The van der Waals surface area contributed by atoms with Crippen LogP contribution in [-0.2, 0) is 4.79 Å². The van der Waals surface area contributed by atoms with Crippen molar-refractivity contribution in [2.24, 2.45) is 5.41 Å². The number of fused-ring (bicyclic) bond motifs is 1. The zero-order chi connectivity index (χ0) is 25.6. The zero-order valence-electron chi connectivity index (χ0n) is 21.3. The molecule has 9 nitrogen and oxygen atoms in total. The standard InChI is InChI=1S/C27H30N4O5/c1-27(2)13-17-22(18(32)14-27)23(16-9-7-8-10-19(16)33-3)31-26(28-17)29-25(30-31)15-11-20(34-4)24(36-6)21(12-15)35-5/h7-12,23H,13-14H2,1-6H3,(H,28,29,30). The van der Waals surface area contributed by atoms with E-state index in [1.54, 1.807) is 33.1 Å². The summed E-state index contributed by atoms with van der Waals surface area (Å²) in [5.41, 5.74) is 2.97. The van der Waals surface area contributed by atoms with Gasteiger partial charge < -0.3 is 24.3 Å². The van der Waals surface area contributed by atoms with Crippen LogP contribution < -0.4 is 24.3 Å². The lowest BCUT2D eigenvalue weighted by Crippen LogP contribution is -2.36. The molecule has 0 fully saturated rings. The van der Waals surface area contributed by atoms with Crippen LogP contribution in [0.2, 0.25) is 0 Å². The number of rotatable bonds is 6. The number of nitrogens with zero attached hydrogens (tertiary/aromatic N) is 3. The van der Waals surface area contributed by atoms with E-state index in [9.17, 15) is 4.79 Å². The van der Waals surface area contributed by atoms with E-state index in [0.717, 1.165) is 17.7 Å². The highest BCUT2D eigenvalue weighted by molar-refractivity contribution is 6.00. The molecular weight excluding hydrogens is 460 g/mol. The molecule has 1 atom stereocenters. The van der Waals surface area contributed by atoms with Crippen molar-refractivity contribution in [1.29, 1.82) is 0 Å². The first-order valence-corrected chi connectivity index (χ1v) is 11.7. The summed E-state index contributed by atoms with van der Waals surface area (Å²) < 4.78 is 24.0. The summed E-state index contributed by atoms with van der Waals surface area (Å²) in [6.07, 6.45) is 1.19. The molecule has 1 N–H and O–H groups in total. The van der Waals surface area contributed by atoms with Crippen molar-refractivity contribution in [2.45, 2.75) is 32.7 Å². The highest BCUT2D eigenvalue weighted by Gasteiger charge is 2.42. The number of Topliss-reactive ketones (excluding diaryl/α,β-unsaturated/α-hetero) is 1. The van der Waals surface area contributed by atoms with Gasteiger partial charge in [-0.15, -0.1) is 5.10 Å². The molecule has 0 radical (unpaired) electrons. The number of anilines is 1. The predicted molar refractivity (Wildman–Crippen MR) is 135 cm³/mol. The minimum Gasteiger partial charge on any atom is -0.496 e. The molecule has 2 aliphatic rings. The van der Waals surface area contributed by atoms with Crippen LogP contribution in [-0.4, -0.2) is 49.0 Å². The molecule has 3 aromatic rings. The average Bonchev–Trinajstić information content (AvgIpc) is 3.29. The van der Waals surface area contributed by atoms with Crippen molar-refractivity contribution in [3.05, 3.63) is 53.2 Å². The topological polar surface area (TPSA) is 96.7 Å². The van der Waals surface area contributed by atoms with Gasteiger partial charge in [0.2, 0.25) is 11.7 Å². The Morgan fingerprint density at radius 2 is 1.61 bits per heavy atom. The van der Waals surface area contributed by atoms with Gasteiger partial charge in [0.1, 0.15) is 11.8 Å². The zero-order valence-corrected chi connectivity index (χ0v) is 21.3. The van der Waals surface area contributed by atoms with E-state index in [4.69, 9.17) is 29.0 Å². The molecule has 188 valence electrons. The number of allylic oxidation sites excluding steroid dienone is 2. The van der Waals surface area contributed by atoms with E-state index in [0.29, 0.717) is 52.3 Å². The number of carbonyl (C=O) groups excluding carboxylic acids is 1. The molecule has 0 bridgehead atoms. The molecule has 0 amide bonds. The number of benzene rings is 2. The van der Waals surface area contributed by atoms with Crippen molar-refractivity contribution in [3.63, 3.8) is 0 Å². The van der Waals surface area contributed by atoms with Crippen molar-refractivity contribution >= 4 is 11.7 Å². The molecule has 9 heteroatoms. The van der Waals surface area contributed by atoms with E-state index in [-0.39, 0.29) is 11.2 Å². The molecule has 5 rings (SSSR count). The lowest BCUT2D eigenvalue weighted by molar-refractivity contribution is -0.118. The van der Waals surface area contributed by atoms with E-state index in [2.05, 4.69) is 19.2 Å². The van der Waals surface area contributed by atoms with E-state index < -0.39 is 6.04 Å². The number of para-hydroxylation sites is 1. The first-order chi connectivity index (χ1) is 17.3. The van der Waals surface area contributed by atoms with Crippen LogP contribution in [0, 0.1) is 5.41 Å². The summed E-state index contributed by atoms with van der Waals surface area (Å²) in [6, 6.07) is 10.9. The highest BCUT2D eigenvalue weighted by atomic mass is 16.5. The smallest absolute Gasteiger partial charge is 0.226 e. The number of carbonyl (C=O) groups is 1. The normalized spacial score (nSPS) is 18.2. The number of ketones is 1. The first-order valence-electron chi connectivity index (χ1n) is 11.7. The van der Waals surface area contributed by atoms with Crippen LogP contribution >= 0.6 is 0 Å². The van der Waals surface area contributed by atoms with Crippen LogP contribution in [0.1, 0.15) is 38.3 Å². The van der Waals surface area contributed by atoms with E-state index in [1.807, 2.05) is 36.4 Å². The molecule has 1 unspecified atom stereocenters. The van der Waals surface area contributed by atoms with Crippen LogP contribution in [0.15, 0.2) is 47.7 Å². The van der Waals surface area contributed by atoms with Gasteiger partial charge in [-0.05, 0) is 30.0 Å². The maximum absolute atomic E-state index is 13.5.